The van der Waals surface area contributed by atoms with Crippen LogP contribution in [0, 0.1) is 0 Å². The second-order valence-electron chi connectivity index (χ2n) is 8.86. The summed E-state index contributed by atoms with van der Waals surface area (Å²) < 4.78 is 90.6. The number of nitrogens with one attached hydrogen (secondary N) is 1. The first-order chi connectivity index (χ1) is 17.1. The van der Waals surface area contributed by atoms with Crippen molar-refractivity contribution in [2.24, 2.45) is 0 Å². The largest absolute Gasteiger partial charge is 0.573 e. The summed E-state index contributed by atoms with van der Waals surface area (Å²) in [4.78, 5) is 0. The fourth-order valence-electron chi connectivity index (χ4n) is 5.15. The Morgan fingerprint density at radius 3 is 2.56 bits per heavy atom. The molecule has 36 heavy (non-hydrogen) atoms. The number of tetrazole rings is 1. The van der Waals surface area contributed by atoms with E-state index >= 15 is 0 Å². The van der Waals surface area contributed by atoms with Gasteiger partial charge in [0.2, 0.25) is 0 Å². The highest BCUT2D eigenvalue weighted by molar-refractivity contribution is 5.47. The van der Waals surface area contributed by atoms with Crippen LogP contribution in [0.4, 0.5) is 26.3 Å². The number of rotatable bonds is 4. The average molecular weight is 513 g/mol. The summed E-state index contributed by atoms with van der Waals surface area (Å²) in [6.45, 7) is 0.831. The summed E-state index contributed by atoms with van der Waals surface area (Å²) >= 11 is 0. The number of halogens is 6. The maximum absolute atomic E-state index is 13.3. The first kappa shape index (κ1) is 24.5. The van der Waals surface area contributed by atoms with E-state index in [-0.39, 0.29) is 23.9 Å². The average Bonchev–Trinajstić information content (AvgIpc) is 3.48. The lowest BCUT2D eigenvalue weighted by molar-refractivity contribution is -0.275. The second-order valence-corrected chi connectivity index (χ2v) is 8.86. The van der Waals surface area contributed by atoms with Gasteiger partial charge in [-0.3, -0.25) is 0 Å². The molecule has 0 amide bonds. The number of hydrogen-bond acceptors (Lipinski definition) is 6. The van der Waals surface area contributed by atoms with E-state index in [4.69, 9.17) is 4.74 Å². The molecule has 3 atom stereocenters. The lowest BCUT2D eigenvalue weighted by atomic mass is 9.77. The maximum atomic E-state index is 13.3. The number of aromatic nitrogens is 4. The standard InChI is InChI=1S/C23H21F6N5O2/c24-22(25,26)20-31-32-33-34(20)16-7-8-18(36-23(27,28)29)17(11-16)15-12-21(35-13-15)9-4-10-30-19(21)14-5-2-1-3-6-14/h1-3,5-8,11,15,19,30H,4,9-10,12-13H2/t15-,19+,21-/m1/s1. The lowest BCUT2D eigenvalue weighted by Gasteiger charge is -2.41. The predicted octanol–water partition coefficient (Wildman–Crippen LogP) is 4.95. The topological polar surface area (TPSA) is 74.1 Å². The Morgan fingerprint density at radius 2 is 1.83 bits per heavy atom. The molecule has 2 aliphatic rings. The molecule has 0 unspecified atom stereocenters. The molecule has 2 aromatic carbocycles. The molecule has 0 aliphatic carbocycles. The SMILES string of the molecule is FC(F)(F)Oc1ccc(-n2nnnc2C(F)(F)F)cc1[C@H]1CO[C@]2(CCCN[C@H]2c2ccccc2)C1. The van der Waals surface area contributed by atoms with Gasteiger partial charge in [-0.15, -0.1) is 18.3 Å². The van der Waals surface area contributed by atoms with Crippen LogP contribution in [0.25, 0.3) is 5.69 Å². The smallest absolute Gasteiger partial charge is 0.405 e. The number of alkyl halides is 6. The highest BCUT2D eigenvalue weighted by Crippen LogP contribution is 2.50. The van der Waals surface area contributed by atoms with Crippen molar-refractivity contribution in [1.29, 1.82) is 0 Å². The zero-order valence-electron chi connectivity index (χ0n) is 18.7. The van der Waals surface area contributed by atoms with Crippen molar-refractivity contribution in [1.82, 2.24) is 25.5 Å². The minimum atomic E-state index is -4.99. The Morgan fingerprint density at radius 1 is 1.06 bits per heavy atom. The van der Waals surface area contributed by atoms with Crippen LogP contribution in [-0.2, 0) is 10.9 Å². The zero-order valence-corrected chi connectivity index (χ0v) is 18.7. The van der Waals surface area contributed by atoms with E-state index in [2.05, 4.69) is 25.6 Å². The number of ether oxygens (including phenoxy) is 2. The van der Waals surface area contributed by atoms with Crippen LogP contribution in [0.5, 0.6) is 5.75 Å². The van der Waals surface area contributed by atoms with Crippen LogP contribution >= 0.6 is 0 Å². The lowest BCUT2D eigenvalue weighted by Crippen LogP contribution is -2.48. The van der Waals surface area contributed by atoms with Gasteiger partial charge in [0.1, 0.15) is 5.75 Å². The third-order valence-electron chi connectivity index (χ3n) is 6.57. The van der Waals surface area contributed by atoms with Crippen LogP contribution in [0.3, 0.4) is 0 Å². The molecular weight excluding hydrogens is 492 g/mol. The van der Waals surface area contributed by atoms with Gasteiger partial charge >= 0.3 is 12.5 Å². The van der Waals surface area contributed by atoms with Crippen LogP contribution in [-0.4, -0.2) is 45.3 Å². The summed E-state index contributed by atoms with van der Waals surface area (Å²) in [6.07, 6.45) is -8.02. The Balaban J connectivity index is 1.53. The molecule has 13 heteroatoms. The van der Waals surface area contributed by atoms with Crippen molar-refractivity contribution in [3.05, 3.63) is 65.5 Å². The molecule has 1 N–H and O–H groups in total. The monoisotopic (exact) mass is 513 g/mol. The molecule has 7 nitrogen and oxygen atoms in total. The normalized spacial score (nSPS) is 24.8. The molecule has 5 rings (SSSR count). The molecule has 1 aromatic heterocycles. The third-order valence-corrected chi connectivity index (χ3v) is 6.57. The summed E-state index contributed by atoms with van der Waals surface area (Å²) in [6, 6.07) is 12.6. The molecule has 192 valence electrons. The summed E-state index contributed by atoms with van der Waals surface area (Å²) in [5, 5.41) is 13.0. The van der Waals surface area contributed by atoms with Crippen LogP contribution in [0.15, 0.2) is 48.5 Å². The summed E-state index contributed by atoms with van der Waals surface area (Å²) in [5.74, 6) is -2.46. The van der Waals surface area contributed by atoms with Gasteiger partial charge in [0.05, 0.1) is 23.9 Å². The zero-order chi connectivity index (χ0) is 25.6. The minimum Gasteiger partial charge on any atom is -0.405 e. The van der Waals surface area contributed by atoms with Crippen molar-refractivity contribution in [2.75, 3.05) is 13.2 Å². The van der Waals surface area contributed by atoms with E-state index in [9.17, 15) is 26.3 Å². The molecule has 3 heterocycles. The highest BCUT2D eigenvalue weighted by atomic mass is 19.4. The van der Waals surface area contributed by atoms with Crippen LogP contribution in [0.1, 0.15) is 48.2 Å². The van der Waals surface area contributed by atoms with Gasteiger partial charge in [-0.25, -0.2) is 0 Å². The molecule has 3 aromatic rings. The third kappa shape index (κ3) is 4.76. The number of hydrogen-bond donors (Lipinski definition) is 1. The number of nitrogens with zero attached hydrogens (tertiary/aromatic N) is 4. The van der Waals surface area contributed by atoms with Crippen molar-refractivity contribution in [2.45, 2.75) is 49.4 Å². The van der Waals surface area contributed by atoms with E-state index in [0.29, 0.717) is 17.5 Å². The van der Waals surface area contributed by atoms with Crippen LogP contribution < -0.4 is 10.1 Å². The molecule has 2 fully saturated rings. The molecule has 0 saturated carbocycles. The van der Waals surface area contributed by atoms with Gasteiger partial charge in [-0.2, -0.15) is 17.9 Å². The fourth-order valence-corrected chi connectivity index (χ4v) is 5.15. The first-order valence-corrected chi connectivity index (χ1v) is 11.2. The molecule has 2 aliphatic heterocycles. The second kappa shape index (κ2) is 9.04. The van der Waals surface area contributed by atoms with E-state index in [0.717, 1.165) is 30.7 Å². The molecule has 2 saturated heterocycles. The maximum Gasteiger partial charge on any atom is 0.573 e. The van der Waals surface area contributed by atoms with E-state index in [1.807, 2.05) is 30.3 Å². The quantitative estimate of drug-likeness (QED) is 0.498. The number of benzene rings is 2. The van der Waals surface area contributed by atoms with Crippen molar-refractivity contribution in [3.8, 4) is 11.4 Å². The van der Waals surface area contributed by atoms with Crippen molar-refractivity contribution < 1.29 is 35.8 Å². The van der Waals surface area contributed by atoms with Crippen molar-refractivity contribution >= 4 is 0 Å². The van der Waals surface area contributed by atoms with Gasteiger partial charge in [-0.1, -0.05) is 30.3 Å². The Labute approximate surface area is 201 Å². The van der Waals surface area contributed by atoms with E-state index < -0.39 is 35.6 Å². The van der Waals surface area contributed by atoms with Gasteiger partial charge in [0, 0.05) is 11.5 Å². The molecule has 1 spiro atoms. The summed E-state index contributed by atoms with van der Waals surface area (Å²) in [7, 11) is 0. The van der Waals surface area contributed by atoms with Crippen LogP contribution in [0.2, 0.25) is 0 Å². The summed E-state index contributed by atoms with van der Waals surface area (Å²) in [5.41, 5.74) is 0.227. The van der Waals surface area contributed by atoms with Crippen molar-refractivity contribution in [3.63, 3.8) is 0 Å². The Bertz CT molecular complexity index is 1220. The molecule has 0 bridgehead atoms. The fraction of sp³-hybridized carbons (Fsp3) is 0.435. The molecule has 0 radical (unpaired) electrons. The highest BCUT2D eigenvalue weighted by Gasteiger charge is 2.49. The Kier molecular flexibility index (Phi) is 6.15. The van der Waals surface area contributed by atoms with Gasteiger partial charge in [0.15, 0.2) is 0 Å². The van der Waals surface area contributed by atoms with Gasteiger partial charge in [-0.05, 0) is 60.0 Å². The van der Waals surface area contributed by atoms with E-state index in [1.54, 1.807) is 0 Å². The van der Waals surface area contributed by atoms with Gasteiger partial charge < -0.3 is 14.8 Å². The first-order valence-electron chi connectivity index (χ1n) is 11.2. The Hall–Kier alpha value is -3.19. The predicted molar refractivity (Wildman–Crippen MR) is 113 cm³/mol. The molecular formula is C23H21F6N5O2. The minimum absolute atomic E-state index is 0.0720. The van der Waals surface area contributed by atoms with E-state index in [1.165, 1.54) is 6.07 Å². The van der Waals surface area contributed by atoms with Gasteiger partial charge in [0.25, 0.3) is 5.82 Å². The number of piperidine rings is 1.